The number of hydrogen-bond donors (Lipinski definition) is 1. The van der Waals surface area contributed by atoms with Crippen molar-refractivity contribution in [2.45, 2.75) is 77.0 Å². The number of nitrogens with zero attached hydrogens (tertiary/aromatic N) is 2. The van der Waals surface area contributed by atoms with E-state index in [1.54, 1.807) is 0 Å². The Hall–Kier alpha value is -0.870. The molecule has 0 radical (unpaired) electrons. The number of hydrogen-bond acceptors (Lipinski definition) is 3. The maximum absolute atomic E-state index is 6.12. The Bertz CT molecular complexity index is 408. The van der Waals surface area contributed by atoms with E-state index < -0.39 is 0 Å². The zero-order valence-corrected chi connectivity index (χ0v) is 13.9. The van der Waals surface area contributed by atoms with Crippen molar-refractivity contribution in [3.05, 3.63) is 18.0 Å². The number of rotatable bonds is 7. The molecular weight excluding hydrogens is 262 g/mol. The quantitative estimate of drug-likeness (QED) is 0.779. The summed E-state index contributed by atoms with van der Waals surface area (Å²) < 4.78 is 8.13. The van der Waals surface area contributed by atoms with E-state index in [2.05, 4.69) is 30.5 Å². The van der Waals surface area contributed by atoms with Gasteiger partial charge in [0.1, 0.15) is 0 Å². The van der Waals surface area contributed by atoms with Crippen LogP contribution in [-0.4, -0.2) is 29.0 Å². The van der Waals surface area contributed by atoms with Gasteiger partial charge in [-0.25, -0.2) is 0 Å². The van der Waals surface area contributed by atoms with Gasteiger partial charge in [-0.3, -0.25) is 4.68 Å². The van der Waals surface area contributed by atoms with Crippen LogP contribution in [0.1, 0.15) is 70.4 Å². The molecule has 0 spiro atoms. The van der Waals surface area contributed by atoms with Crippen LogP contribution in [0.4, 0.5) is 0 Å². The number of aromatic nitrogens is 2. The Labute approximate surface area is 129 Å². The van der Waals surface area contributed by atoms with Gasteiger partial charge in [-0.15, -0.1) is 0 Å². The van der Waals surface area contributed by atoms with Crippen LogP contribution in [0.2, 0.25) is 0 Å². The Morgan fingerprint density at radius 3 is 2.52 bits per heavy atom. The first-order chi connectivity index (χ1) is 10.3. The van der Waals surface area contributed by atoms with Crippen LogP contribution in [-0.2, 0) is 11.3 Å². The van der Waals surface area contributed by atoms with Crippen LogP contribution in [0.3, 0.4) is 0 Å². The minimum absolute atomic E-state index is 0.0761. The maximum atomic E-state index is 6.12. The van der Waals surface area contributed by atoms with Crippen LogP contribution < -0.4 is 5.32 Å². The first-order valence-electron chi connectivity index (χ1n) is 8.56. The average Bonchev–Trinajstić information content (AvgIpc) is 2.85. The predicted octanol–water partition coefficient (Wildman–Crippen LogP) is 3.68. The first-order valence-corrected chi connectivity index (χ1v) is 8.56. The Kier molecular flexibility index (Phi) is 6.24. The number of ether oxygens (including phenoxy) is 1. The highest BCUT2D eigenvalue weighted by Gasteiger charge is 2.40. The van der Waals surface area contributed by atoms with Gasteiger partial charge in [-0.05, 0) is 32.7 Å². The molecule has 1 heterocycles. The Balaban J connectivity index is 2.27. The second-order valence-electron chi connectivity index (χ2n) is 6.20. The Morgan fingerprint density at radius 2 is 2.00 bits per heavy atom. The fourth-order valence-corrected chi connectivity index (χ4v) is 3.54. The van der Waals surface area contributed by atoms with Crippen molar-refractivity contribution in [3.63, 3.8) is 0 Å². The minimum Gasteiger partial charge on any atom is -0.376 e. The summed E-state index contributed by atoms with van der Waals surface area (Å²) >= 11 is 0. The summed E-state index contributed by atoms with van der Waals surface area (Å²) in [6, 6.07) is 0.251. The lowest BCUT2D eigenvalue weighted by molar-refractivity contribution is -0.0540. The molecule has 1 aromatic heterocycles. The van der Waals surface area contributed by atoms with Crippen LogP contribution in [0, 0.1) is 0 Å². The smallest absolute Gasteiger partial charge is 0.0873 e. The van der Waals surface area contributed by atoms with Crippen molar-refractivity contribution in [2.24, 2.45) is 0 Å². The summed E-state index contributed by atoms with van der Waals surface area (Å²) in [5.41, 5.74) is 1.20. The molecule has 2 rings (SSSR count). The molecule has 1 fully saturated rings. The lowest BCUT2D eigenvalue weighted by Gasteiger charge is -2.39. The van der Waals surface area contributed by atoms with Crippen LogP contribution in [0.25, 0.3) is 0 Å². The van der Waals surface area contributed by atoms with Crippen LogP contribution in [0.15, 0.2) is 12.4 Å². The van der Waals surface area contributed by atoms with Gasteiger partial charge in [-0.1, -0.05) is 32.6 Å². The van der Waals surface area contributed by atoms with Gasteiger partial charge in [0.25, 0.3) is 0 Å². The van der Waals surface area contributed by atoms with E-state index in [0.717, 1.165) is 32.4 Å². The van der Waals surface area contributed by atoms with Gasteiger partial charge in [0.2, 0.25) is 0 Å². The van der Waals surface area contributed by atoms with E-state index in [4.69, 9.17) is 4.74 Å². The lowest BCUT2D eigenvalue weighted by atomic mass is 9.83. The molecule has 0 amide bonds. The van der Waals surface area contributed by atoms with Crippen molar-refractivity contribution in [2.75, 3.05) is 13.7 Å². The zero-order chi connectivity index (χ0) is 15.1. The maximum Gasteiger partial charge on any atom is 0.0873 e. The fourth-order valence-electron chi connectivity index (χ4n) is 3.54. The van der Waals surface area contributed by atoms with Gasteiger partial charge >= 0.3 is 0 Å². The van der Waals surface area contributed by atoms with Gasteiger partial charge in [0.15, 0.2) is 0 Å². The third-order valence-electron chi connectivity index (χ3n) is 4.79. The SMILES string of the molecule is CCCNC(c1cnn(CC)c1)C1(OC)CCCCCC1. The molecule has 1 unspecified atom stereocenters. The molecule has 1 atom stereocenters. The average molecular weight is 293 g/mol. The van der Waals surface area contributed by atoms with Crippen LogP contribution in [0.5, 0.6) is 0 Å². The van der Waals surface area contributed by atoms with Gasteiger partial charge in [0, 0.05) is 25.4 Å². The van der Waals surface area contributed by atoms with Crippen molar-refractivity contribution >= 4 is 0 Å². The topological polar surface area (TPSA) is 39.1 Å². The third-order valence-corrected chi connectivity index (χ3v) is 4.79. The van der Waals surface area contributed by atoms with E-state index in [1.807, 2.05) is 18.0 Å². The molecule has 0 bridgehead atoms. The van der Waals surface area contributed by atoms with Crippen molar-refractivity contribution in [1.29, 1.82) is 0 Å². The standard InChI is InChI=1S/C17H31N3O/c1-4-12-18-16(15-13-19-20(5-2)14-15)17(21-3)10-8-6-7-9-11-17/h13-14,16,18H,4-12H2,1-3H3. The highest BCUT2D eigenvalue weighted by Crippen LogP contribution is 2.40. The summed E-state index contributed by atoms with van der Waals surface area (Å²) in [4.78, 5) is 0. The highest BCUT2D eigenvalue weighted by atomic mass is 16.5. The van der Waals surface area contributed by atoms with Crippen molar-refractivity contribution in [3.8, 4) is 0 Å². The molecular formula is C17H31N3O. The molecule has 4 nitrogen and oxygen atoms in total. The number of aryl methyl sites for hydroxylation is 1. The molecule has 1 N–H and O–H groups in total. The van der Waals surface area contributed by atoms with Crippen LogP contribution >= 0.6 is 0 Å². The van der Waals surface area contributed by atoms with Gasteiger partial charge in [-0.2, -0.15) is 5.10 Å². The normalized spacial score (nSPS) is 20.1. The number of nitrogens with one attached hydrogen (secondary N) is 1. The van der Waals surface area contributed by atoms with Gasteiger partial charge in [0.05, 0.1) is 17.8 Å². The fraction of sp³-hybridized carbons (Fsp3) is 0.824. The molecule has 0 aromatic carbocycles. The number of methoxy groups -OCH3 is 1. The predicted molar refractivity (Wildman–Crippen MR) is 86.4 cm³/mol. The van der Waals surface area contributed by atoms with E-state index in [0.29, 0.717) is 0 Å². The summed E-state index contributed by atoms with van der Waals surface area (Å²) in [6.45, 7) is 6.28. The molecule has 21 heavy (non-hydrogen) atoms. The zero-order valence-electron chi connectivity index (χ0n) is 13.9. The molecule has 1 aliphatic rings. The summed E-state index contributed by atoms with van der Waals surface area (Å²) in [5.74, 6) is 0. The van der Waals surface area contributed by atoms with E-state index in [9.17, 15) is 0 Å². The second-order valence-corrected chi connectivity index (χ2v) is 6.20. The van der Waals surface area contributed by atoms with E-state index >= 15 is 0 Å². The summed E-state index contributed by atoms with van der Waals surface area (Å²) in [5, 5.41) is 8.20. The second kappa shape index (κ2) is 7.95. The molecule has 1 aromatic rings. The molecule has 1 saturated carbocycles. The Morgan fingerprint density at radius 1 is 1.29 bits per heavy atom. The molecule has 120 valence electrons. The molecule has 0 saturated heterocycles. The largest absolute Gasteiger partial charge is 0.376 e. The minimum atomic E-state index is -0.0761. The third kappa shape index (κ3) is 3.86. The lowest BCUT2D eigenvalue weighted by Crippen LogP contribution is -2.45. The summed E-state index contributed by atoms with van der Waals surface area (Å²) in [7, 11) is 1.89. The summed E-state index contributed by atoms with van der Waals surface area (Å²) in [6.07, 6.45) is 12.8. The van der Waals surface area contributed by atoms with Crippen molar-refractivity contribution < 1.29 is 4.74 Å². The van der Waals surface area contributed by atoms with E-state index in [1.165, 1.54) is 31.2 Å². The molecule has 1 aliphatic carbocycles. The molecule has 0 aliphatic heterocycles. The highest BCUT2D eigenvalue weighted by molar-refractivity contribution is 5.17. The van der Waals surface area contributed by atoms with E-state index in [-0.39, 0.29) is 11.6 Å². The van der Waals surface area contributed by atoms with Gasteiger partial charge < -0.3 is 10.1 Å². The first kappa shape index (κ1) is 16.5. The van der Waals surface area contributed by atoms with Crippen molar-refractivity contribution in [1.82, 2.24) is 15.1 Å². The molecule has 4 heteroatoms. The monoisotopic (exact) mass is 293 g/mol.